The van der Waals surface area contributed by atoms with E-state index < -0.39 is 16.7 Å². The summed E-state index contributed by atoms with van der Waals surface area (Å²) in [6.07, 6.45) is 0.641. The third-order valence-electron chi connectivity index (χ3n) is 1.47. The van der Waals surface area contributed by atoms with Gasteiger partial charge in [-0.2, -0.15) is 0 Å². The van der Waals surface area contributed by atoms with Gasteiger partial charge < -0.3 is 5.73 Å². The number of nitrogens with one attached hydrogen (secondary N) is 1. The fraction of sp³-hybridized carbons (Fsp3) is 1.00. The third-order valence-corrected chi connectivity index (χ3v) is 2.94. The van der Waals surface area contributed by atoms with Crippen LogP contribution in [-0.4, -0.2) is 33.4 Å². The molecular formula is C7H17FN2O2S. The van der Waals surface area contributed by atoms with E-state index in [0.717, 1.165) is 0 Å². The van der Waals surface area contributed by atoms with E-state index in [9.17, 15) is 12.8 Å². The van der Waals surface area contributed by atoms with Gasteiger partial charge in [0.2, 0.25) is 10.0 Å². The first kappa shape index (κ1) is 12.8. The molecule has 0 unspecified atom stereocenters. The van der Waals surface area contributed by atoms with Crippen LogP contribution >= 0.6 is 0 Å². The Kier molecular flexibility index (Phi) is 6.19. The van der Waals surface area contributed by atoms with Gasteiger partial charge in [-0.25, -0.2) is 13.1 Å². The smallest absolute Gasteiger partial charge is 0.211 e. The third kappa shape index (κ3) is 8.14. The van der Waals surface area contributed by atoms with Gasteiger partial charge in [0.05, 0.1) is 12.4 Å². The molecule has 6 heteroatoms. The molecule has 3 N–H and O–H groups in total. The van der Waals surface area contributed by atoms with Crippen LogP contribution in [0, 0.1) is 0 Å². The number of hydrogen-bond acceptors (Lipinski definition) is 3. The number of hydrogen-bond donors (Lipinski definition) is 2. The first-order chi connectivity index (χ1) is 5.98. The molecule has 0 amide bonds. The molecule has 0 aliphatic carbocycles. The van der Waals surface area contributed by atoms with Crippen molar-refractivity contribution in [3.05, 3.63) is 0 Å². The second-order valence-corrected chi connectivity index (χ2v) is 4.95. The zero-order valence-electron chi connectivity index (χ0n) is 7.79. The molecule has 0 spiro atoms. The van der Waals surface area contributed by atoms with Crippen LogP contribution in [0.2, 0.25) is 0 Å². The molecule has 4 nitrogen and oxygen atoms in total. The van der Waals surface area contributed by atoms with Crippen molar-refractivity contribution < 1.29 is 12.8 Å². The molecule has 0 aliphatic heterocycles. The highest BCUT2D eigenvalue weighted by Gasteiger charge is 2.08. The molecule has 1 atom stereocenters. The topological polar surface area (TPSA) is 72.2 Å². The molecular weight excluding hydrogens is 195 g/mol. The van der Waals surface area contributed by atoms with Crippen molar-refractivity contribution in [2.24, 2.45) is 5.73 Å². The van der Waals surface area contributed by atoms with E-state index in [4.69, 9.17) is 5.73 Å². The average molecular weight is 212 g/mol. The van der Waals surface area contributed by atoms with E-state index >= 15 is 0 Å². The fourth-order valence-electron chi connectivity index (χ4n) is 0.759. The Morgan fingerprint density at radius 2 is 2.15 bits per heavy atom. The maximum atomic E-state index is 11.7. The molecule has 0 saturated carbocycles. The van der Waals surface area contributed by atoms with E-state index in [1.807, 2.05) is 0 Å². The highest BCUT2D eigenvalue weighted by atomic mass is 32.2. The van der Waals surface area contributed by atoms with Crippen molar-refractivity contribution in [3.8, 4) is 0 Å². The summed E-state index contributed by atoms with van der Waals surface area (Å²) in [5.41, 5.74) is 5.43. The lowest BCUT2D eigenvalue weighted by Gasteiger charge is -2.07. The summed E-state index contributed by atoms with van der Waals surface area (Å²) in [5.74, 6) is -0.150. The molecule has 0 fully saturated rings. The summed E-state index contributed by atoms with van der Waals surface area (Å²) < 4.78 is 36.1. The van der Waals surface area contributed by atoms with Gasteiger partial charge in [-0.05, 0) is 19.8 Å². The summed E-state index contributed by atoms with van der Waals surface area (Å²) in [5, 5.41) is 0. The second-order valence-electron chi connectivity index (χ2n) is 3.02. The Hall–Kier alpha value is -0.200. The van der Waals surface area contributed by atoms with Gasteiger partial charge >= 0.3 is 0 Å². The summed E-state index contributed by atoms with van der Waals surface area (Å²) >= 11 is 0. The van der Waals surface area contributed by atoms with Gasteiger partial charge in [0.25, 0.3) is 0 Å². The highest BCUT2D eigenvalue weighted by Crippen LogP contribution is 1.91. The lowest BCUT2D eigenvalue weighted by atomic mass is 10.3. The number of alkyl halides is 1. The van der Waals surface area contributed by atoms with Crippen molar-refractivity contribution in [2.75, 3.05) is 19.0 Å². The Labute approximate surface area is 78.7 Å². The maximum absolute atomic E-state index is 11.7. The summed E-state index contributed by atoms with van der Waals surface area (Å²) in [6.45, 7) is 1.52. The standard InChI is InChI=1S/C7H17FN2O2S/c1-7(9)3-5-10-13(11,12)6-2-4-8/h7,10H,2-6,9H2,1H3/t7-/m0/s1. The van der Waals surface area contributed by atoms with Crippen molar-refractivity contribution in [2.45, 2.75) is 25.8 Å². The Morgan fingerprint density at radius 1 is 1.54 bits per heavy atom. The van der Waals surface area contributed by atoms with Gasteiger partial charge in [-0.3, -0.25) is 4.39 Å². The van der Waals surface area contributed by atoms with E-state index in [2.05, 4.69) is 4.72 Å². The largest absolute Gasteiger partial charge is 0.328 e. The van der Waals surface area contributed by atoms with Crippen LogP contribution in [0.1, 0.15) is 19.8 Å². The number of rotatable bonds is 7. The molecule has 0 aromatic rings. The summed E-state index contributed by atoms with van der Waals surface area (Å²) in [7, 11) is -3.28. The molecule has 0 aliphatic rings. The van der Waals surface area contributed by atoms with Crippen molar-refractivity contribution in [1.82, 2.24) is 4.72 Å². The highest BCUT2D eigenvalue weighted by molar-refractivity contribution is 7.89. The minimum absolute atomic E-state index is 0.0242. The van der Waals surface area contributed by atoms with Crippen LogP contribution in [0.25, 0.3) is 0 Å². The fourth-order valence-corrected chi connectivity index (χ4v) is 1.82. The predicted molar refractivity (Wildman–Crippen MR) is 50.6 cm³/mol. The summed E-state index contributed by atoms with van der Waals surface area (Å²) in [6, 6.07) is -0.0242. The van der Waals surface area contributed by atoms with E-state index in [1.165, 1.54) is 0 Å². The minimum Gasteiger partial charge on any atom is -0.328 e. The van der Waals surface area contributed by atoms with Gasteiger partial charge in [-0.1, -0.05) is 0 Å². The van der Waals surface area contributed by atoms with Gasteiger partial charge in [0.1, 0.15) is 0 Å². The quantitative estimate of drug-likeness (QED) is 0.624. The lowest BCUT2D eigenvalue weighted by Crippen LogP contribution is -2.30. The summed E-state index contributed by atoms with van der Waals surface area (Å²) in [4.78, 5) is 0. The SMILES string of the molecule is C[C@H](N)CCNS(=O)(=O)CCCF. The maximum Gasteiger partial charge on any atom is 0.211 e. The van der Waals surface area contributed by atoms with Crippen molar-refractivity contribution >= 4 is 10.0 Å². The van der Waals surface area contributed by atoms with Gasteiger partial charge in [0, 0.05) is 12.6 Å². The van der Waals surface area contributed by atoms with Crippen LogP contribution in [0.5, 0.6) is 0 Å². The number of sulfonamides is 1. The van der Waals surface area contributed by atoms with Gasteiger partial charge in [-0.15, -0.1) is 0 Å². The molecule has 0 bridgehead atoms. The molecule has 80 valence electrons. The van der Waals surface area contributed by atoms with Crippen LogP contribution < -0.4 is 10.5 Å². The normalized spacial score (nSPS) is 14.4. The van der Waals surface area contributed by atoms with Crippen LogP contribution in [0.3, 0.4) is 0 Å². The average Bonchev–Trinajstić information content (AvgIpc) is 2.00. The minimum atomic E-state index is -3.28. The van der Waals surface area contributed by atoms with Crippen molar-refractivity contribution in [1.29, 1.82) is 0 Å². The van der Waals surface area contributed by atoms with Crippen LogP contribution in [-0.2, 0) is 10.0 Å². The zero-order valence-corrected chi connectivity index (χ0v) is 8.61. The first-order valence-electron chi connectivity index (χ1n) is 4.27. The molecule has 0 aromatic carbocycles. The molecule has 0 radical (unpaired) electrons. The number of halogens is 1. The molecule has 0 rings (SSSR count). The second kappa shape index (κ2) is 6.28. The predicted octanol–water partition coefficient (Wildman–Crippen LogP) is 0.00270. The van der Waals surface area contributed by atoms with Crippen LogP contribution in [0.15, 0.2) is 0 Å². The Morgan fingerprint density at radius 3 is 2.62 bits per heavy atom. The first-order valence-corrected chi connectivity index (χ1v) is 5.92. The molecule has 0 heterocycles. The van der Waals surface area contributed by atoms with Crippen LogP contribution in [0.4, 0.5) is 4.39 Å². The van der Waals surface area contributed by atoms with E-state index in [-0.39, 0.29) is 18.2 Å². The Balaban J connectivity index is 3.64. The van der Waals surface area contributed by atoms with Crippen molar-refractivity contribution in [3.63, 3.8) is 0 Å². The molecule has 13 heavy (non-hydrogen) atoms. The van der Waals surface area contributed by atoms with E-state index in [1.54, 1.807) is 6.92 Å². The zero-order chi connectivity index (χ0) is 10.3. The Bertz CT molecular complexity index is 217. The van der Waals surface area contributed by atoms with E-state index in [0.29, 0.717) is 13.0 Å². The molecule has 0 aromatic heterocycles. The lowest BCUT2D eigenvalue weighted by molar-refractivity contribution is 0.482. The molecule has 0 saturated heterocycles. The van der Waals surface area contributed by atoms with Gasteiger partial charge in [0.15, 0.2) is 0 Å². The number of nitrogens with two attached hydrogens (primary N) is 1. The monoisotopic (exact) mass is 212 g/mol.